The number of carbonyl (C=O) groups is 1. The van der Waals surface area contributed by atoms with E-state index in [9.17, 15) is 4.79 Å². The second kappa shape index (κ2) is 6.55. The van der Waals surface area contributed by atoms with E-state index in [1.165, 1.54) is 0 Å². The van der Waals surface area contributed by atoms with Crippen molar-refractivity contribution >= 4 is 11.9 Å². The first-order valence-corrected chi connectivity index (χ1v) is 9.01. The summed E-state index contributed by atoms with van der Waals surface area (Å²) in [6, 6.07) is 5.76. The predicted octanol–water partition coefficient (Wildman–Crippen LogP) is 3.32. The van der Waals surface area contributed by atoms with E-state index in [2.05, 4.69) is 13.8 Å². The molecule has 138 valence electrons. The van der Waals surface area contributed by atoms with E-state index in [-0.39, 0.29) is 18.1 Å². The lowest BCUT2D eigenvalue weighted by Crippen LogP contribution is -2.37. The zero-order valence-corrected chi connectivity index (χ0v) is 15.3. The smallest absolute Gasteiger partial charge is 0.415 e. The van der Waals surface area contributed by atoms with Crippen molar-refractivity contribution in [2.24, 2.45) is 5.92 Å². The van der Waals surface area contributed by atoms with Crippen LogP contribution in [0.3, 0.4) is 0 Å². The summed E-state index contributed by atoms with van der Waals surface area (Å²) in [6.45, 7) is 8.31. The number of nitrogens with zero attached hydrogens (tertiary/aromatic N) is 3. The summed E-state index contributed by atoms with van der Waals surface area (Å²) in [6.07, 6.45) is 1.58. The third-order valence-electron chi connectivity index (χ3n) is 4.78. The van der Waals surface area contributed by atoms with Crippen molar-refractivity contribution in [1.82, 2.24) is 9.55 Å². The number of rotatable bonds is 4. The molecule has 0 spiro atoms. The fourth-order valence-electron chi connectivity index (χ4n) is 3.41. The summed E-state index contributed by atoms with van der Waals surface area (Å²) < 4.78 is 18.7. The van der Waals surface area contributed by atoms with Gasteiger partial charge in [0.05, 0.1) is 24.8 Å². The van der Waals surface area contributed by atoms with Gasteiger partial charge in [-0.05, 0) is 25.0 Å². The Kier molecular flexibility index (Phi) is 4.22. The van der Waals surface area contributed by atoms with E-state index in [0.29, 0.717) is 32.2 Å². The molecule has 0 bridgehead atoms. The maximum absolute atomic E-state index is 12.2. The third kappa shape index (κ3) is 2.77. The Labute approximate surface area is 152 Å². The SMILES string of the molecule is CCOc1ccc2c(c1)OCCn1cc(N3C(=O)OC[C@H]3C(C)C)nc1-2. The van der Waals surface area contributed by atoms with E-state index < -0.39 is 0 Å². The van der Waals surface area contributed by atoms with Crippen molar-refractivity contribution in [1.29, 1.82) is 0 Å². The highest BCUT2D eigenvalue weighted by Gasteiger charge is 2.38. The number of aromatic nitrogens is 2. The van der Waals surface area contributed by atoms with Crippen LogP contribution in [-0.4, -0.2) is 41.5 Å². The van der Waals surface area contributed by atoms with Crippen LogP contribution in [0.4, 0.5) is 10.6 Å². The Hall–Kier alpha value is -2.70. The van der Waals surface area contributed by atoms with Crippen LogP contribution >= 0.6 is 0 Å². The summed E-state index contributed by atoms with van der Waals surface area (Å²) in [5.41, 5.74) is 0.894. The highest BCUT2D eigenvalue weighted by Crippen LogP contribution is 2.37. The van der Waals surface area contributed by atoms with Crippen LogP contribution in [0.2, 0.25) is 0 Å². The highest BCUT2D eigenvalue weighted by atomic mass is 16.6. The lowest BCUT2D eigenvalue weighted by molar-refractivity contribution is 0.177. The molecule has 7 heteroatoms. The first kappa shape index (κ1) is 16.8. The number of carbonyl (C=O) groups excluding carboxylic acids is 1. The second-order valence-corrected chi connectivity index (χ2v) is 6.81. The van der Waals surface area contributed by atoms with Crippen LogP contribution in [0.5, 0.6) is 11.5 Å². The molecule has 0 radical (unpaired) electrons. The Morgan fingerprint density at radius 1 is 1.35 bits per heavy atom. The Bertz CT molecular complexity index is 830. The monoisotopic (exact) mass is 357 g/mol. The van der Waals surface area contributed by atoms with Crippen LogP contribution in [0.25, 0.3) is 11.4 Å². The maximum atomic E-state index is 12.2. The Morgan fingerprint density at radius 3 is 2.96 bits per heavy atom. The summed E-state index contributed by atoms with van der Waals surface area (Å²) in [5, 5.41) is 0. The zero-order valence-electron chi connectivity index (χ0n) is 15.3. The number of ether oxygens (including phenoxy) is 3. The molecule has 1 fully saturated rings. The zero-order chi connectivity index (χ0) is 18.3. The van der Waals surface area contributed by atoms with E-state index in [0.717, 1.165) is 22.9 Å². The minimum absolute atomic E-state index is 0.00214. The van der Waals surface area contributed by atoms with Gasteiger partial charge in [-0.2, -0.15) is 0 Å². The van der Waals surface area contributed by atoms with Crippen LogP contribution in [0.1, 0.15) is 20.8 Å². The number of amides is 1. The molecule has 2 aromatic rings. The largest absolute Gasteiger partial charge is 0.494 e. The molecule has 0 N–H and O–H groups in total. The quantitative estimate of drug-likeness (QED) is 0.840. The average Bonchev–Trinajstić information content (AvgIpc) is 3.15. The van der Waals surface area contributed by atoms with Gasteiger partial charge in [0.1, 0.15) is 30.5 Å². The van der Waals surface area contributed by atoms with Gasteiger partial charge in [0.2, 0.25) is 0 Å². The van der Waals surface area contributed by atoms with E-state index in [1.807, 2.05) is 35.9 Å². The molecule has 7 nitrogen and oxygen atoms in total. The molecule has 1 saturated heterocycles. The first-order valence-electron chi connectivity index (χ1n) is 9.01. The van der Waals surface area contributed by atoms with Crippen molar-refractivity contribution in [3.8, 4) is 22.9 Å². The van der Waals surface area contributed by atoms with Crippen molar-refractivity contribution in [3.05, 3.63) is 24.4 Å². The summed E-state index contributed by atoms with van der Waals surface area (Å²) in [7, 11) is 0. The lowest BCUT2D eigenvalue weighted by Gasteiger charge is -2.21. The number of benzene rings is 1. The predicted molar refractivity (Wildman–Crippen MR) is 96.8 cm³/mol. The van der Waals surface area contributed by atoms with Crippen molar-refractivity contribution in [2.45, 2.75) is 33.4 Å². The molecule has 2 aliphatic rings. The highest BCUT2D eigenvalue weighted by molar-refractivity contribution is 5.89. The number of hydrogen-bond donors (Lipinski definition) is 0. The topological polar surface area (TPSA) is 65.8 Å². The second-order valence-electron chi connectivity index (χ2n) is 6.81. The van der Waals surface area contributed by atoms with Crippen LogP contribution < -0.4 is 14.4 Å². The lowest BCUT2D eigenvalue weighted by atomic mass is 10.1. The van der Waals surface area contributed by atoms with Gasteiger partial charge in [0, 0.05) is 12.3 Å². The molecule has 0 saturated carbocycles. The van der Waals surface area contributed by atoms with Gasteiger partial charge in [-0.1, -0.05) is 13.8 Å². The number of imidazole rings is 1. The molecule has 0 unspecified atom stereocenters. The number of anilines is 1. The molecule has 1 aromatic heterocycles. The van der Waals surface area contributed by atoms with Gasteiger partial charge < -0.3 is 18.8 Å². The Morgan fingerprint density at radius 2 is 2.19 bits per heavy atom. The summed E-state index contributed by atoms with van der Waals surface area (Å²) in [4.78, 5) is 18.7. The van der Waals surface area contributed by atoms with Crippen molar-refractivity contribution in [3.63, 3.8) is 0 Å². The standard InChI is InChI=1S/C19H23N3O4/c1-4-24-13-5-6-14-16(9-13)25-8-7-21-10-17(20-18(14)21)22-15(12(2)3)11-26-19(22)23/h5-6,9-10,12,15H,4,7-8,11H2,1-3H3/t15-/m0/s1. The van der Waals surface area contributed by atoms with Gasteiger partial charge in [0.15, 0.2) is 5.82 Å². The van der Waals surface area contributed by atoms with Crippen LogP contribution in [0.15, 0.2) is 24.4 Å². The van der Waals surface area contributed by atoms with Gasteiger partial charge in [-0.15, -0.1) is 0 Å². The third-order valence-corrected chi connectivity index (χ3v) is 4.78. The molecule has 26 heavy (non-hydrogen) atoms. The molecule has 2 aliphatic heterocycles. The van der Waals surface area contributed by atoms with Gasteiger partial charge in [-0.3, -0.25) is 4.90 Å². The van der Waals surface area contributed by atoms with Crippen molar-refractivity contribution in [2.75, 3.05) is 24.7 Å². The fraction of sp³-hybridized carbons (Fsp3) is 0.474. The number of cyclic esters (lactones) is 1. The molecule has 1 atom stereocenters. The van der Waals surface area contributed by atoms with E-state index >= 15 is 0 Å². The Balaban J connectivity index is 1.74. The number of hydrogen-bond acceptors (Lipinski definition) is 5. The van der Waals surface area contributed by atoms with Gasteiger partial charge in [0.25, 0.3) is 0 Å². The minimum atomic E-state index is -0.333. The number of fused-ring (bicyclic) bond motifs is 3. The molecule has 1 aromatic carbocycles. The molecule has 0 aliphatic carbocycles. The van der Waals surface area contributed by atoms with Crippen LogP contribution in [0, 0.1) is 5.92 Å². The van der Waals surface area contributed by atoms with E-state index in [4.69, 9.17) is 19.2 Å². The average molecular weight is 357 g/mol. The maximum Gasteiger partial charge on any atom is 0.415 e. The summed E-state index contributed by atoms with van der Waals surface area (Å²) in [5.74, 6) is 3.22. The molecule has 4 rings (SSSR count). The summed E-state index contributed by atoms with van der Waals surface area (Å²) >= 11 is 0. The molecular weight excluding hydrogens is 334 g/mol. The molecule has 1 amide bonds. The van der Waals surface area contributed by atoms with Crippen molar-refractivity contribution < 1.29 is 19.0 Å². The first-order chi connectivity index (χ1) is 12.6. The molecule has 3 heterocycles. The van der Waals surface area contributed by atoms with E-state index in [1.54, 1.807) is 4.90 Å². The van der Waals surface area contributed by atoms with Gasteiger partial charge in [-0.25, -0.2) is 9.78 Å². The molecular formula is C19H23N3O4. The minimum Gasteiger partial charge on any atom is -0.494 e. The fourth-order valence-corrected chi connectivity index (χ4v) is 3.41. The van der Waals surface area contributed by atoms with Crippen LogP contribution in [-0.2, 0) is 11.3 Å². The normalized spacial score (nSPS) is 18.8. The van der Waals surface area contributed by atoms with Gasteiger partial charge >= 0.3 is 6.09 Å².